The first-order valence-corrected chi connectivity index (χ1v) is 7.45. The van der Waals surface area contributed by atoms with Gasteiger partial charge in [0.2, 0.25) is 5.91 Å². The minimum Gasteiger partial charge on any atom is -0.478 e. The SMILES string of the molecule is CCC1(C(=O)N2Cc3ccc(C(=O)O)cc3C2)CCCN1. The van der Waals surface area contributed by atoms with Gasteiger partial charge in [0.05, 0.1) is 11.1 Å². The highest BCUT2D eigenvalue weighted by Crippen LogP contribution is 2.31. The average molecular weight is 288 g/mol. The number of carbonyl (C=O) groups excluding carboxylic acids is 1. The largest absolute Gasteiger partial charge is 0.478 e. The van der Waals surface area contributed by atoms with Crippen LogP contribution in [0.5, 0.6) is 0 Å². The van der Waals surface area contributed by atoms with Crippen molar-refractivity contribution < 1.29 is 14.7 Å². The van der Waals surface area contributed by atoms with Gasteiger partial charge in [-0.1, -0.05) is 13.0 Å². The fraction of sp³-hybridized carbons (Fsp3) is 0.500. The Kier molecular flexibility index (Phi) is 3.45. The van der Waals surface area contributed by atoms with Crippen LogP contribution in [0, 0.1) is 0 Å². The van der Waals surface area contributed by atoms with Crippen molar-refractivity contribution in [2.24, 2.45) is 0 Å². The van der Waals surface area contributed by atoms with Crippen LogP contribution in [-0.4, -0.2) is 34.0 Å². The molecule has 0 radical (unpaired) electrons. The second-order valence-electron chi connectivity index (χ2n) is 5.92. The molecule has 21 heavy (non-hydrogen) atoms. The fourth-order valence-corrected chi connectivity index (χ4v) is 3.42. The zero-order valence-electron chi connectivity index (χ0n) is 12.2. The maximum atomic E-state index is 12.8. The van der Waals surface area contributed by atoms with Crippen molar-refractivity contribution in [3.8, 4) is 0 Å². The van der Waals surface area contributed by atoms with Crippen molar-refractivity contribution in [3.63, 3.8) is 0 Å². The number of fused-ring (bicyclic) bond motifs is 1. The van der Waals surface area contributed by atoms with Crippen LogP contribution in [0.2, 0.25) is 0 Å². The van der Waals surface area contributed by atoms with Crippen LogP contribution in [0.3, 0.4) is 0 Å². The van der Waals surface area contributed by atoms with E-state index in [2.05, 4.69) is 5.32 Å². The van der Waals surface area contributed by atoms with Gasteiger partial charge < -0.3 is 15.3 Å². The van der Waals surface area contributed by atoms with E-state index in [1.807, 2.05) is 17.9 Å². The maximum absolute atomic E-state index is 12.8. The van der Waals surface area contributed by atoms with Crippen LogP contribution >= 0.6 is 0 Å². The minimum atomic E-state index is -0.926. The highest BCUT2D eigenvalue weighted by atomic mass is 16.4. The first-order valence-electron chi connectivity index (χ1n) is 7.45. The van der Waals surface area contributed by atoms with Crippen LogP contribution in [0.25, 0.3) is 0 Å². The number of carbonyl (C=O) groups is 2. The summed E-state index contributed by atoms with van der Waals surface area (Å²) in [7, 11) is 0. The smallest absolute Gasteiger partial charge is 0.335 e. The molecule has 2 aliphatic heterocycles. The summed E-state index contributed by atoms with van der Waals surface area (Å²) in [4.78, 5) is 25.7. The molecular formula is C16H20N2O3. The summed E-state index contributed by atoms with van der Waals surface area (Å²) in [6, 6.07) is 5.12. The van der Waals surface area contributed by atoms with Crippen LogP contribution in [0.15, 0.2) is 18.2 Å². The lowest BCUT2D eigenvalue weighted by atomic mass is 9.92. The number of aromatic carboxylic acids is 1. The molecule has 2 N–H and O–H groups in total. The molecule has 5 nitrogen and oxygen atoms in total. The van der Waals surface area contributed by atoms with Gasteiger partial charge in [-0.25, -0.2) is 4.79 Å². The number of carboxylic acid groups (broad SMARTS) is 1. The lowest BCUT2D eigenvalue weighted by molar-refractivity contribution is -0.138. The lowest BCUT2D eigenvalue weighted by Crippen LogP contribution is -2.53. The van der Waals surface area contributed by atoms with Gasteiger partial charge in [-0.2, -0.15) is 0 Å². The fourth-order valence-electron chi connectivity index (χ4n) is 3.42. The average Bonchev–Trinajstić information content (AvgIpc) is 3.12. The van der Waals surface area contributed by atoms with Gasteiger partial charge in [0, 0.05) is 13.1 Å². The number of carboxylic acids is 1. The molecule has 0 aliphatic carbocycles. The summed E-state index contributed by atoms with van der Waals surface area (Å²) >= 11 is 0. The molecule has 1 amide bonds. The summed E-state index contributed by atoms with van der Waals surface area (Å²) in [6.45, 7) is 4.03. The van der Waals surface area contributed by atoms with E-state index in [4.69, 9.17) is 5.11 Å². The maximum Gasteiger partial charge on any atom is 0.335 e. The minimum absolute atomic E-state index is 0.149. The molecule has 5 heteroatoms. The van der Waals surface area contributed by atoms with Gasteiger partial charge in [0.25, 0.3) is 0 Å². The second kappa shape index (κ2) is 5.15. The zero-order valence-corrected chi connectivity index (χ0v) is 12.2. The van der Waals surface area contributed by atoms with Gasteiger partial charge in [0.15, 0.2) is 0 Å². The standard InChI is InChI=1S/C16H20N2O3/c1-2-16(6-3-7-17-16)15(21)18-9-12-5-4-11(14(19)20)8-13(12)10-18/h4-5,8,17H,2-3,6-7,9-10H2,1H3,(H,19,20). The third-order valence-electron chi connectivity index (χ3n) is 4.72. The molecule has 1 atom stereocenters. The summed E-state index contributed by atoms with van der Waals surface area (Å²) in [5, 5.41) is 12.4. The van der Waals surface area contributed by atoms with E-state index in [1.54, 1.807) is 12.1 Å². The van der Waals surface area contributed by atoms with Crippen LogP contribution in [0.1, 0.15) is 47.7 Å². The highest BCUT2D eigenvalue weighted by Gasteiger charge is 2.43. The van der Waals surface area contributed by atoms with Crippen molar-refractivity contribution >= 4 is 11.9 Å². The van der Waals surface area contributed by atoms with Gasteiger partial charge in [-0.3, -0.25) is 4.79 Å². The molecule has 3 rings (SSSR count). The number of amides is 1. The number of nitrogens with zero attached hydrogens (tertiary/aromatic N) is 1. The molecule has 0 saturated carbocycles. The highest BCUT2D eigenvalue weighted by molar-refractivity contribution is 5.89. The van der Waals surface area contributed by atoms with E-state index in [0.29, 0.717) is 13.1 Å². The monoisotopic (exact) mass is 288 g/mol. The molecule has 1 saturated heterocycles. The molecule has 1 aromatic rings. The van der Waals surface area contributed by atoms with Gasteiger partial charge in [-0.05, 0) is 49.1 Å². The summed E-state index contributed by atoms with van der Waals surface area (Å²) < 4.78 is 0. The molecule has 0 bridgehead atoms. The van der Waals surface area contributed by atoms with Crippen molar-refractivity contribution in [2.45, 2.75) is 44.8 Å². The van der Waals surface area contributed by atoms with Crippen molar-refractivity contribution in [3.05, 3.63) is 34.9 Å². The van der Waals surface area contributed by atoms with Crippen LogP contribution in [0.4, 0.5) is 0 Å². The molecular weight excluding hydrogens is 268 g/mol. The summed E-state index contributed by atoms with van der Waals surface area (Å²) in [6.07, 6.45) is 2.71. The Morgan fingerprint density at radius 2 is 2.10 bits per heavy atom. The van der Waals surface area contributed by atoms with E-state index in [0.717, 1.165) is 36.9 Å². The number of hydrogen-bond acceptors (Lipinski definition) is 3. The Balaban J connectivity index is 1.81. The molecule has 1 fully saturated rings. The Bertz CT molecular complexity index is 591. The first-order chi connectivity index (χ1) is 10.1. The van der Waals surface area contributed by atoms with E-state index in [1.165, 1.54) is 0 Å². The topological polar surface area (TPSA) is 69.6 Å². The number of nitrogens with one attached hydrogen (secondary N) is 1. The molecule has 2 heterocycles. The third-order valence-corrected chi connectivity index (χ3v) is 4.72. The zero-order chi connectivity index (χ0) is 15.0. The third kappa shape index (κ3) is 2.31. The molecule has 2 aliphatic rings. The molecule has 112 valence electrons. The Morgan fingerprint density at radius 3 is 2.71 bits per heavy atom. The molecule has 1 aromatic carbocycles. The predicted octanol–water partition coefficient (Wildman–Crippen LogP) is 1.76. The quantitative estimate of drug-likeness (QED) is 0.889. The summed E-state index contributed by atoms with van der Waals surface area (Å²) in [5.41, 5.74) is 1.87. The van der Waals surface area contributed by atoms with E-state index < -0.39 is 11.5 Å². The Hall–Kier alpha value is -1.88. The van der Waals surface area contributed by atoms with Crippen molar-refractivity contribution in [1.82, 2.24) is 10.2 Å². The molecule has 0 spiro atoms. The van der Waals surface area contributed by atoms with Crippen LogP contribution in [-0.2, 0) is 17.9 Å². The lowest BCUT2D eigenvalue weighted by Gasteiger charge is -2.31. The van der Waals surface area contributed by atoms with Crippen LogP contribution < -0.4 is 5.32 Å². The van der Waals surface area contributed by atoms with E-state index in [-0.39, 0.29) is 11.5 Å². The van der Waals surface area contributed by atoms with Gasteiger partial charge in [0.1, 0.15) is 0 Å². The van der Waals surface area contributed by atoms with Crippen molar-refractivity contribution in [1.29, 1.82) is 0 Å². The normalized spacial score (nSPS) is 24.1. The molecule has 1 unspecified atom stereocenters. The number of rotatable bonds is 3. The summed E-state index contributed by atoms with van der Waals surface area (Å²) in [5.74, 6) is -0.777. The first kappa shape index (κ1) is 14.1. The number of benzene rings is 1. The second-order valence-corrected chi connectivity index (χ2v) is 5.92. The Morgan fingerprint density at radius 1 is 1.33 bits per heavy atom. The van der Waals surface area contributed by atoms with Crippen molar-refractivity contribution in [2.75, 3.05) is 6.54 Å². The Labute approximate surface area is 123 Å². The van der Waals surface area contributed by atoms with Gasteiger partial charge in [-0.15, -0.1) is 0 Å². The van der Waals surface area contributed by atoms with E-state index >= 15 is 0 Å². The predicted molar refractivity (Wildman–Crippen MR) is 77.9 cm³/mol. The molecule has 0 aromatic heterocycles. The number of hydrogen-bond donors (Lipinski definition) is 2. The van der Waals surface area contributed by atoms with E-state index in [9.17, 15) is 9.59 Å². The van der Waals surface area contributed by atoms with Gasteiger partial charge >= 0.3 is 5.97 Å².